The molecule has 1 amide bonds. The van der Waals surface area contributed by atoms with E-state index < -0.39 is 0 Å². The molecule has 0 atom stereocenters. The number of carbonyl (C=O) groups is 1. The minimum absolute atomic E-state index is 0.0146. The van der Waals surface area contributed by atoms with E-state index >= 15 is 0 Å². The van der Waals surface area contributed by atoms with Crippen LogP contribution < -0.4 is 5.56 Å². The summed E-state index contributed by atoms with van der Waals surface area (Å²) in [5.74, 6) is 0.0146. The van der Waals surface area contributed by atoms with Gasteiger partial charge in [0, 0.05) is 19.1 Å². The standard InChI is InChI=1S/C20H26N4O2/c1-15-5-4-6-17-19(15)21-14-24(20(17)26)13-18(25)23-11-7-16(8-12-23)22-9-2-3-10-22/h4-6,14,16H,2-3,7-13H2,1H3. The molecule has 1 aromatic heterocycles. The lowest BCUT2D eigenvalue weighted by molar-refractivity contribution is -0.133. The van der Waals surface area contributed by atoms with Gasteiger partial charge in [-0.15, -0.1) is 0 Å². The Balaban J connectivity index is 1.43. The van der Waals surface area contributed by atoms with Crippen molar-refractivity contribution in [2.24, 2.45) is 0 Å². The van der Waals surface area contributed by atoms with Crippen LogP contribution in [0.15, 0.2) is 29.3 Å². The second kappa shape index (κ2) is 7.19. The Morgan fingerprint density at radius 3 is 2.62 bits per heavy atom. The molecular weight excluding hydrogens is 328 g/mol. The Bertz CT molecular complexity index is 862. The van der Waals surface area contributed by atoms with Crippen LogP contribution >= 0.6 is 0 Å². The number of likely N-dealkylation sites (tertiary alicyclic amines) is 2. The fourth-order valence-corrected chi connectivity index (χ4v) is 4.28. The van der Waals surface area contributed by atoms with Crippen LogP contribution in [0.5, 0.6) is 0 Å². The average molecular weight is 354 g/mol. The van der Waals surface area contributed by atoms with E-state index in [1.165, 1.54) is 36.8 Å². The lowest BCUT2D eigenvalue weighted by Gasteiger charge is -2.36. The molecule has 1 aromatic carbocycles. The molecule has 4 rings (SSSR count). The molecule has 2 saturated heterocycles. The highest BCUT2D eigenvalue weighted by Crippen LogP contribution is 2.21. The monoisotopic (exact) mass is 354 g/mol. The maximum absolute atomic E-state index is 12.7. The van der Waals surface area contributed by atoms with Crippen molar-refractivity contribution >= 4 is 16.8 Å². The first-order valence-electron chi connectivity index (χ1n) is 9.60. The molecule has 0 aliphatic carbocycles. The van der Waals surface area contributed by atoms with Crippen molar-refractivity contribution in [1.29, 1.82) is 0 Å². The molecule has 2 aliphatic rings. The molecule has 0 saturated carbocycles. The highest BCUT2D eigenvalue weighted by Gasteiger charge is 2.28. The maximum atomic E-state index is 12.7. The quantitative estimate of drug-likeness (QED) is 0.843. The maximum Gasteiger partial charge on any atom is 0.261 e. The minimum atomic E-state index is -0.140. The van der Waals surface area contributed by atoms with E-state index in [-0.39, 0.29) is 18.0 Å². The number of hydrogen-bond donors (Lipinski definition) is 0. The molecule has 138 valence electrons. The van der Waals surface area contributed by atoms with E-state index in [2.05, 4.69) is 9.88 Å². The average Bonchev–Trinajstić information content (AvgIpc) is 3.19. The topological polar surface area (TPSA) is 58.4 Å². The van der Waals surface area contributed by atoms with E-state index in [4.69, 9.17) is 0 Å². The molecule has 2 aliphatic heterocycles. The molecular formula is C20H26N4O2. The minimum Gasteiger partial charge on any atom is -0.341 e. The Morgan fingerprint density at radius 1 is 1.15 bits per heavy atom. The lowest BCUT2D eigenvalue weighted by atomic mass is 10.0. The molecule has 0 bridgehead atoms. The zero-order valence-corrected chi connectivity index (χ0v) is 15.4. The first-order valence-corrected chi connectivity index (χ1v) is 9.60. The van der Waals surface area contributed by atoms with Crippen molar-refractivity contribution in [3.63, 3.8) is 0 Å². The zero-order chi connectivity index (χ0) is 18.1. The van der Waals surface area contributed by atoms with Crippen LogP contribution in [0.2, 0.25) is 0 Å². The van der Waals surface area contributed by atoms with E-state index in [1.54, 1.807) is 6.07 Å². The second-order valence-corrected chi connectivity index (χ2v) is 7.50. The molecule has 2 fully saturated rings. The summed E-state index contributed by atoms with van der Waals surface area (Å²) in [5, 5.41) is 0.577. The summed E-state index contributed by atoms with van der Waals surface area (Å²) in [4.78, 5) is 34.2. The van der Waals surface area contributed by atoms with Gasteiger partial charge in [-0.3, -0.25) is 14.2 Å². The third kappa shape index (κ3) is 3.26. The number of benzene rings is 1. The first kappa shape index (κ1) is 17.2. The molecule has 6 heteroatoms. The van der Waals surface area contributed by atoms with E-state index in [0.29, 0.717) is 16.9 Å². The third-order valence-corrected chi connectivity index (χ3v) is 5.84. The Labute approximate surface area is 153 Å². The van der Waals surface area contributed by atoms with Gasteiger partial charge in [0.2, 0.25) is 5.91 Å². The largest absolute Gasteiger partial charge is 0.341 e. The van der Waals surface area contributed by atoms with Gasteiger partial charge in [0.1, 0.15) is 6.54 Å². The summed E-state index contributed by atoms with van der Waals surface area (Å²) in [6, 6.07) is 6.19. The van der Waals surface area contributed by atoms with E-state index in [0.717, 1.165) is 31.5 Å². The van der Waals surface area contributed by atoms with Gasteiger partial charge in [-0.25, -0.2) is 4.98 Å². The van der Waals surface area contributed by atoms with Crippen molar-refractivity contribution < 1.29 is 4.79 Å². The van der Waals surface area contributed by atoms with Crippen LogP contribution in [-0.4, -0.2) is 57.5 Å². The van der Waals surface area contributed by atoms with Crippen LogP contribution in [0, 0.1) is 6.92 Å². The van der Waals surface area contributed by atoms with Gasteiger partial charge in [-0.2, -0.15) is 0 Å². The molecule has 0 unspecified atom stereocenters. The summed E-state index contributed by atoms with van der Waals surface area (Å²) >= 11 is 0. The number of hydrogen-bond acceptors (Lipinski definition) is 4. The van der Waals surface area contributed by atoms with Crippen LogP contribution in [0.25, 0.3) is 10.9 Å². The number of piperidine rings is 1. The van der Waals surface area contributed by atoms with Crippen LogP contribution in [0.1, 0.15) is 31.2 Å². The summed E-state index contributed by atoms with van der Waals surface area (Å²) in [6.45, 7) is 6.00. The van der Waals surface area contributed by atoms with Gasteiger partial charge in [0.05, 0.1) is 17.2 Å². The van der Waals surface area contributed by atoms with Crippen molar-refractivity contribution in [2.45, 2.75) is 45.2 Å². The van der Waals surface area contributed by atoms with Crippen molar-refractivity contribution in [2.75, 3.05) is 26.2 Å². The van der Waals surface area contributed by atoms with Gasteiger partial charge < -0.3 is 9.80 Å². The van der Waals surface area contributed by atoms with Gasteiger partial charge >= 0.3 is 0 Å². The smallest absolute Gasteiger partial charge is 0.261 e. The number of nitrogens with zero attached hydrogens (tertiary/aromatic N) is 4. The summed E-state index contributed by atoms with van der Waals surface area (Å²) < 4.78 is 1.44. The molecule has 26 heavy (non-hydrogen) atoms. The molecule has 0 N–H and O–H groups in total. The zero-order valence-electron chi connectivity index (χ0n) is 15.4. The predicted molar refractivity (Wildman–Crippen MR) is 101 cm³/mol. The van der Waals surface area contributed by atoms with Crippen LogP contribution in [-0.2, 0) is 11.3 Å². The fourth-order valence-electron chi connectivity index (χ4n) is 4.28. The number of fused-ring (bicyclic) bond motifs is 1. The van der Waals surface area contributed by atoms with Crippen LogP contribution in [0.3, 0.4) is 0 Å². The van der Waals surface area contributed by atoms with Gasteiger partial charge in [0.25, 0.3) is 5.56 Å². The third-order valence-electron chi connectivity index (χ3n) is 5.84. The molecule has 3 heterocycles. The molecule has 0 spiro atoms. The number of aromatic nitrogens is 2. The number of aryl methyl sites for hydroxylation is 1. The van der Waals surface area contributed by atoms with Gasteiger partial charge in [-0.1, -0.05) is 12.1 Å². The van der Waals surface area contributed by atoms with Crippen molar-refractivity contribution in [3.05, 3.63) is 40.4 Å². The number of carbonyl (C=O) groups excluding carboxylic acids is 1. The Morgan fingerprint density at radius 2 is 1.88 bits per heavy atom. The summed E-state index contributed by atoms with van der Waals surface area (Å²) in [7, 11) is 0. The van der Waals surface area contributed by atoms with Crippen molar-refractivity contribution in [3.8, 4) is 0 Å². The lowest BCUT2D eigenvalue weighted by Crippen LogP contribution is -2.47. The number of amides is 1. The summed E-state index contributed by atoms with van der Waals surface area (Å²) in [6.07, 6.45) is 6.19. The highest BCUT2D eigenvalue weighted by molar-refractivity contribution is 5.81. The van der Waals surface area contributed by atoms with Crippen LogP contribution in [0.4, 0.5) is 0 Å². The second-order valence-electron chi connectivity index (χ2n) is 7.50. The first-order chi connectivity index (χ1) is 12.6. The van der Waals surface area contributed by atoms with Gasteiger partial charge in [-0.05, 0) is 57.3 Å². The number of para-hydroxylation sites is 1. The predicted octanol–water partition coefficient (Wildman–Crippen LogP) is 1.79. The van der Waals surface area contributed by atoms with Gasteiger partial charge in [0.15, 0.2) is 0 Å². The molecule has 0 radical (unpaired) electrons. The van der Waals surface area contributed by atoms with E-state index in [9.17, 15) is 9.59 Å². The number of rotatable bonds is 3. The summed E-state index contributed by atoms with van der Waals surface area (Å²) in [5.41, 5.74) is 1.55. The molecule has 2 aromatic rings. The Hall–Kier alpha value is -2.21. The fraction of sp³-hybridized carbons (Fsp3) is 0.550. The van der Waals surface area contributed by atoms with E-state index in [1.807, 2.05) is 24.0 Å². The SMILES string of the molecule is Cc1cccc2c(=O)n(CC(=O)N3CCC(N4CCCC4)CC3)cnc12. The Kier molecular flexibility index (Phi) is 4.76. The highest BCUT2D eigenvalue weighted by atomic mass is 16.2. The molecule has 6 nitrogen and oxygen atoms in total. The normalized spacial score (nSPS) is 19.3. The van der Waals surface area contributed by atoms with Crippen molar-refractivity contribution in [1.82, 2.24) is 19.4 Å².